The van der Waals surface area contributed by atoms with Crippen molar-refractivity contribution in [3.63, 3.8) is 0 Å². The zero-order chi connectivity index (χ0) is 22.2. The van der Waals surface area contributed by atoms with Gasteiger partial charge >= 0.3 is 0 Å². The number of aromatic nitrogens is 3. The van der Waals surface area contributed by atoms with Crippen LogP contribution in [0.25, 0.3) is 22.5 Å². The average molecular weight is 439 g/mol. The molecule has 0 saturated carbocycles. The number of furan rings is 1. The van der Waals surface area contributed by atoms with Crippen molar-refractivity contribution < 1.29 is 17.6 Å². The molecular weight excluding hydrogens is 416 g/mol. The summed E-state index contributed by atoms with van der Waals surface area (Å²) in [6.07, 6.45) is 3.17. The molecule has 0 fully saturated rings. The zero-order valence-electron chi connectivity index (χ0n) is 17.4. The minimum absolute atomic E-state index is 0.0170. The molecule has 1 N–H and O–H groups in total. The summed E-state index contributed by atoms with van der Waals surface area (Å²) >= 11 is 0. The molecule has 1 aromatic carbocycles. The van der Waals surface area contributed by atoms with E-state index in [1.165, 1.54) is 12.1 Å². The molecule has 0 bridgehead atoms. The van der Waals surface area contributed by atoms with Crippen LogP contribution in [-0.2, 0) is 9.84 Å². The maximum absolute atomic E-state index is 13.1. The second kappa shape index (κ2) is 7.99. The first-order valence-electron chi connectivity index (χ1n) is 9.86. The number of carbonyl (C=O) groups excluding carboxylic acids is 1. The largest absolute Gasteiger partial charge is 0.463 e. The van der Waals surface area contributed by atoms with Crippen LogP contribution >= 0.6 is 0 Å². The number of anilines is 1. The fourth-order valence-electron chi connectivity index (χ4n) is 3.25. The van der Waals surface area contributed by atoms with Crippen LogP contribution in [0.1, 0.15) is 37.2 Å². The number of benzene rings is 1. The fraction of sp³-hybridized carbons (Fsp3) is 0.227. The molecule has 1 amide bonds. The molecule has 8 nitrogen and oxygen atoms in total. The Balaban J connectivity index is 1.74. The third-order valence-electron chi connectivity index (χ3n) is 4.93. The highest BCUT2D eigenvalue weighted by molar-refractivity contribution is 7.91. The van der Waals surface area contributed by atoms with E-state index < -0.39 is 9.84 Å². The zero-order valence-corrected chi connectivity index (χ0v) is 18.2. The van der Waals surface area contributed by atoms with Gasteiger partial charge in [0.15, 0.2) is 21.2 Å². The fourth-order valence-corrected chi connectivity index (χ4v) is 4.13. The summed E-state index contributed by atoms with van der Waals surface area (Å²) in [4.78, 5) is 18.0. The summed E-state index contributed by atoms with van der Waals surface area (Å²) in [7, 11) is -3.30. The smallest absolute Gasteiger partial charge is 0.256 e. The molecule has 0 spiro atoms. The van der Waals surface area contributed by atoms with Gasteiger partial charge in [-0.3, -0.25) is 4.79 Å². The van der Waals surface area contributed by atoms with Crippen molar-refractivity contribution in [3.05, 3.63) is 60.5 Å². The number of hydrogen-bond acceptors (Lipinski definition) is 6. The van der Waals surface area contributed by atoms with Gasteiger partial charge in [0.1, 0.15) is 5.69 Å². The Bertz CT molecular complexity index is 1340. The van der Waals surface area contributed by atoms with Gasteiger partial charge in [-0.05, 0) is 56.3 Å². The number of nitrogens with one attached hydrogen (secondary N) is 1. The molecule has 31 heavy (non-hydrogen) atoms. The van der Waals surface area contributed by atoms with Gasteiger partial charge in [0, 0.05) is 11.7 Å². The lowest BCUT2D eigenvalue weighted by atomic mass is 10.1. The molecule has 4 rings (SSSR count). The van der Waals surface area contributed by atoms with Gasteiger partial charge in [-0.2, -0.15) is 5.10 Å². The van der Waals surface area contributed by atoms with Crippen molar-refractivity contribution in [1.29, 1.82) is 0 Å². The molecule has 0 aliphatic rings. The molecule has 0 unspecified atom stereocenters. The van der Waals surface area contributed by atoms with Crippen LogP contribution in [0.5, 0.6) is 0 Å². The average Bonchev–Trinajstić information content (AvgIpc) is 3.43. The summed E-state index contributed by atoms with van der Waals surface area (Å²) < 4.78 is 31.2. The summed E-state index contributed by atoms with van der Waals surface area (Å²) in [5.41, 5.74) is 1.99. The van der Waals surface area contributed by atoms with Crippen LogP contribution in [0.4, 0.5) is 5.69 Å². The Kier molecular flexibility index (Phi) is 5.36. The topological polar surface area (TPSA) is 107 Å². The number of fused-ring (bicyclic) bond motifs is 1. The first kappa shape index (κ1) is 20.8. The molecule has 0 aliphatic carbocycles. The van der Waals surface area contributed by atoms with Gasteiger partial charge in [-0.25, -0.2) is 18.1 Å². The lowest BCUT2D eigenvalue weighted by molar-refractivity contribution is 0.102. The number of sulfone groups is 1. The Hall–Kier alpha value is -3.46. The van der Waals surface area contributed by atoms with E-state index in [2.05, 4.69) is 15.4 Å². The van der Waals surface area contributed by atoms with Gasteiger partial charge in [-0.1, -0.05) is 6.92 Å². The standard InChI is InChI=1S/C22H22N4O4S/c1-4-31(28,29)16-9-7-15(8-10-16)24-22(27)17-12-19(20-6-5-11-30-20)25-21-18(17)13-23-26(21)14(2)3/h5-14H,4H2,1-3H3,(H,24,27). The summed E-state index contributed by atoms with van der Waals surface area (Å²) in [5.74, 6) is 0.208. The molecule has 3 heterocycles. The van der Waals surface area contributed by atoms with E-state index in [4.69, 9.17) is 4.42 Å². The van der Waals surface area contributed by atoms with Gasteiger partial charge in [0.2, 0.25) is 0 Å². The van der Waals surface area contributed by atoms with Gasteiger partial charge in [-0.15, -0.1) is 0 Å². The highest BCUT2D eigenvalue weighted by atomic mass is 32.2. The van der Waals surface area contributed by atoms with Crippen LogP contribution in [-0.4, -0.2) is 34.8 Å². The molecule has 160 valence electrons. The normalized spacial score (nSPS) is 11.9. The van der Waals surface area contributed by atoms with Gasteiger partial charge in [0.05, 0.1) is 34.1 Å². The second-order valence-corrected chi connectivity index (χ2v) is 9.61. The lowest BCUT2D eigenvalue weighted by Gasteiger charge is -2.10. The third-order valence-corrected chi connectivity index (χ3v) is 6.68. The SMILES string of the molecule is CCS(=O)(=O)c1ccc(NC(=O)c2cc(-c3ccco3)nc3c2cnn3C(C)C)cc1. The number of amides is 1. The second-order valence-electron chi connectivity index (χ2n) is 7.33. The Morgan fingerprint density at radius 3 is 2.55 bits per heavy atom. The molecule has 0 atom stereocenters. The van der Waals surface area contributed by atoms with Gasteiger partial charge in [0.25, 0.3) is 5.91 Å². The molecule has 0 aliphatic heterocycles. The predicted octanol–water partition coefficient (Wildman–Crippen LogP) is 4.32. The number of rotatable bonds is 6. The van der Waals surface area contributed by atoms with Crippen molar-refractivity contribution >= 4 is 32.5 Å². The number of pyridine rings is 1. The number of nitrogens with zero attached hydrogens (tertiary/aromatic N) is 3. The third kappa shape index (κ3) is 3.96. The minimum atomic E-state index is -3.30. The lowest BCUT2D eigenvalue weighted by Crippen LogP contribution is -2.13. The molecular formula is C22H22N4O4S. The van der Waals surface area contributed by atoms with Crippen molar-refractivity contribution in [2.75, 3.05) is 11.1 Å². The van der Waals surface area contributed by atoms with Crippen LogP contribution in [0.2, 0.25) is 0 Å². The number of hydrogen-bond donors (Lipinski definition) is 1. The number of carbonyl (C=O) groups is 1. The van der Waals surface area contributed by atoms with E-state index in [9.17, 15) is 13.2 Å². The van der Waals surface area contributed by atoms with Crippen molar-refractivity contribution in [2.24, 2.45) is 0 Å². The first-order valence-corrected chi connectivity index (χ1v) is 11.5. The Morgan fingerprint density at radius 2 is 1.94 bits per heavy atom. The van der Waals surface area contributed by atoms with Crippen LogP contribution in [0.15, 0.2) is 64.2 Å². The molecule has 3 aromatic heterocycles. The summed E-state index contributed by atoms with van der Waals surface area (Å²) in [6.45, 7) is 5.56. The Labute approximate surface area is 179 Å². The highest BCUT2D eigenvalue weighted by Crippen LogP contribution is 2.27. The summed E-state index contributed by atoms with van der Waals surface area (Å²) in [5, 5.41) is 7.84. The van der Waals surface area contributed by atoms with E-state index >= 15 is 0 Å². The van der Waals surface area contributed by atoms with E-state index in [0.29, 0.717) is 33.7 Å². The predicted molar refractivity (Wildman–Crippen MR) is 118 cm³/mol. The first-order chi connectivity index (χ1) is 14.8. The molecule has 0 saturated heterocycles. The van der Waals surface area contributed by atoms with Crippen molar-refractivity contribution in [2.45, 2.75) is 31.7 Å². The monoisotopic (exact) mass is 438 g/mol. The Morgan fingerprint density at radius 1 is 1.19 bits per heavy atom. The highest BCUT2D eigenvalue weighted by Gasteiger charge is 2.20. The van der Waals surface area contributed by atoms with E-state index in [1.54, 1.807) is 54.4 Å². The van der Waals surface area contributed by atoms with Crippen molar-refractivity contribution in [3.8, 4) is 11.5 Å². The maximum atomic E-state index is 13.1. The molecule has 4 aromatic rings. The van der Waals surface area contributed by atoms with Crippen LogP contribution in [0.3, 0.4) is 0 Å². The van der Waals surface area contributed by atoms with E-state index in [0.717, 1.165) is 0 Å². The van der Waals surface area contributed by atoms with E-state index in [1.807, 2.05) is 13.8 Å². The van der Waals surface area contributed by atoms with Gasteiger partial charge < -0.3 is 9.73 Å². The molecule has 9 heteroatoms. The van der Waals surface area contributed by atoms with Crippen molar-refractivity contribution in [1.82, 2.24) is 14.8 Å². The summed E-state index contributed by atoms with van der Waals surface area (Å²) in [6, 6.07) is 11.4. The van der Waals surface area contributed by atoms with Crippen LogP contribution < -0.4 is 5.32 Å². The maximum Gasteiger partial charge on any atom is 0.256 e. The van der Waals surface area contributed by atoms with E-state index in [-0.39, 0.29) is 22.6 Å². The quantitative estimate of drug-likeness (QED) is 0.480. The minimum Gasteiger partial charge on any atom is -0.463 e. The van der Waals surface area contributed by atoms with Crippen LogP contribution in [0, 0.1) is 0 Å². The molecule has 0 radical (unpaired) electrons.